The molecule has 1 aliphatic rings. The molecule has 0 unspecified atom stereocenters. The fourth-order valence-corrected chi connectivity index (χ4v) is 5.46. The zero-order valence-electron chi connectivity index (χ0n) is 25.3. The standard InChI is InChI=1S/C30H34N8O5/c1-17-25-18(14-20(32-17)19-16-31-9-8-23(19)41-7)24(34-38(25)29(40)43-30(2,3)4)21-15-22-26(36(6)28(39)35(22)5)27(33-21)37-10-12-42-13-11-37/h8-9,14-16H,10-13H2,1-7H3. The topological polar surface area (TPSA) is 131 Å². The van der Waals surface area contributed by atoms with E-state index in [0.29, 0.717) is 88.1 Å². The molecule has 0 amide bonds. The third kappa shape index (κ3) is 4.88. The van der Waals surface area contributed by atoms with Crippen molar-refractivity contribution >= 4 is 33.8 Å². The van der Waals surface area contributed by atoms with E-state index in [9.17, 15) is 9.59 Å². The van der Waals surface area contributed by atoms with E-state index in [1.54, 1.807) is 69.6 Å². The van der Waals surface area contributed by atoms with Gasteiger partial charge in [0.25, 0.3) is 0 Å². The van der Waals surface area contributed by atoms with Crippen molar-refractivity contribution in [1.29, 1.82) is 0 Å². The van der Waals surface area contributed by atoms with E-state index in [4.69, 9.17) is 29.3 Å². The van der Waals surface area contributed by atoms with Crippen LogP contribution in [0.2, 0.25) is 0 Å². The van der Waals surface area contributed by atoms with Crippen molar-refractivity contribution in [2.45, 2.75) is 33.3 Å². The van der Waals surface area contributed by atoms with Crippen molar-refractivity contribution in [3.63, 3.8) is 0 Å². The van der Waals surface area contributed by atoms with Crippen LogP contribution in [-0.2, 0) is 23.6 Å². The number of rotatable bonds is 4. The smallest absolute Gasteiger partial charge is 0.435 e. The lowest BCUT2D eigenvalue weighted by atomic mass is 10.1. The molecule has 13 heteroatoms. The third-order valence-electron chi connectivity index (χ3n) is 7.46. The lowest BCUT2D eigenvalue weighted by Crippen LogP contribution is -2.37. The Kier molecular flexibility index (Phi) is 6.92. The molecule has 1 fully saturated rings. The maximum atomic E-state index is 13.5. The van der Waals surface area contributed by atoms with Crippen molar-refractivity contribution in [2.75, 3.05) is 38.3 Å². The number of morpholine rings is 1. The third-order valence-corrected chi connectivity index (χ3v) is 7.46. The molecule has 0 radical (unpaired) electrons. The van der Waals surface area contributed by atoms with Gasteiger partial charge in [0.15, 0.2) is 5.82 Å². The van der Waals surface area contributed by atoms with Gasteiger partial charge in [-0.2, -0.15) is 9.78 Å². The van der Waals surface area contributed by atoms with Gasteiger partial charge >= 0.3 is 11.8 Å². The molecule has 6 rings (SSSR count). The second-order valence-electron chi connectivity index (χ2n) is 11.5. The zero-order valence-corrected chi connectivity index (χ0v) is 25.3. The first-order valence-corrected chi connectivity index (χ1v) is 14.0. The molecule has 0 aliphatic carbocycles. The number of aryl methyl sites for hydroxylation is 3. The maximum Gasteiger partial charge on any atom is 0.435 e. The summed E-state index contributed by atoms with van der Waals surface area (Å²) in [6, 6.07) is 5.46. The normalized spacial score (nSPS) is 14.1. The lowest BCUT2D eigenvalue weighted by Gasteiger charge is -2.28. The van der Waals surface area contributed by atoms with Crippen LogP contribution in [0.5, 0.6) is 5.75 Å². The predicted molar refractivity (Wildman–Crippen MR) is 162 cm³/mol. The number of ether oxygens (including phenoxy) is 3. The molecule has 43 heavy (non-hydrogen) atoms. The van der Waals surface area contributed by atoms with Crippen molar-refractivity contribution in [3.05, 3.63) is 46.8 Å². The Bertz CT molecular complexity index is 1940. The Morgan fingerprint density at radius 1 is 1.02 bits per heavy atom. The van der Waals surface area contributed by atoms with E-state index >= 15 is 0 Å². The van der Waals surface area contributed by atoms with Gasteiger partial charge in [-0.05, 0) is 45.9 Å². The SMILES string of the molecule is COc1ccncc1-c1cc2c(-c3cc4c(c(N5CCOCC5)n3)n(C)c(=O)n4C)nn(C(=O)OC(C)(C)C)c2c(C)n1. The fourth-order valence-electron chi connectivity index (χ4n) is 5.46. The molecule has 0 spiro atoms. The van der Waals surface area contributed by atoms with Crippen molar-refractivity contribution in [2.24, 2.45) is 14.1 Å². The molecule has 13 nitrogen and oxygen atoms in total. The number of fused-ring (bicyclic) bond motifs is 2. The monoisotopic (exact) mass is 586 g/mol. The number of hydrogen-bond donors (Lipinski definition) is 0. The molecule has 0 N–H and O–H groups in total. The average Bonchev–Trinajstić information content (AvgIpc) is 3.48. The summed E-state index contributed by atoms with van der Waals surface area (Å²) in [5.74, 6) is 1.26. The first-order valence-electron chi connectivity index (χ1n) is 14.0. The highest BCUT2D eigenvalue weighted by atomic mass is 16.6. The number of hydrogen-bond acceptors (Lipinski definition) is 10. The number of pyridine rings is 3. The fraction of sp³-hybridized carbons (Fsp3) is 0.400. The van der Waals surface area contributed by atoms with Crippen molar-refractivity contribution in [1.82, 2.24) is 33.9 Å². The number of carbonyl (C=O) groups excluding carboxylic acids is 1. The summed E-state index contributed by atoms with van der Waals surface area (Å²) < 4.78 is 21.3. The quantitative estimate of drug-likeness (QED) is 0.307. The summed E-state index contributed by atoms with van der Waals surface area (Å²) in [7, 11) is 5.06. The Balaban J connectivity index is 1.66. The van der Waals surface area contributed by atoms with Gasteiger partial charge in [-0.25, -0.2) is 14.6 Å². The van der Waals surface area contributed by atoms with E-state index in [0.717, 1.165) is 0 Å². The van der Waals surface area contributed by atoms with Gasteiger partial charge < -0.3 is 19.1 Å². The number of nitrogens with zero attached hydrogens (tertiary/aromatic N) is 8. The highest BCUT2D eigenvalue weighted by Gasteiger charge is 2.28. The van der Waals surface area contributed by atoms with Gasteiger partial charge in [0.1, 0.15) is 28.1 Å². The highest BCUT2D eigenvalue weighted by molar-refractivity contribution is 6.01. The second kappa shape index (κ2) is 10.5. The Labute approximate surface area is 247 Å². The highest BCUT2D eigenvalue weighted by Crippen LogP contribution is 2.37. The summed E-state index contributed by atoms with van der Waals surface area (Å²) >= 11 is 0. The summed E-state index contributed by atoms with van der Waals surface area (Å²) in [6.45, 7) is 9.56. The minimum atomic E-state index is -0.747. The van der Waals surface area contributed by atoms with Crippen LogP contribution in [0.3, 0.4) is 0 Å². The van der Waals surface area contributed by atoms with Crippen molar-refractivity contribution in [3.8, 4) is 28.4 Å². The van der Waals surface area contributed by atoms with Crippen LogP contribution in [0.15, 0.2) is 35.4 Å². The van der Waals surface area contributed by atoms with Crippen LogP contribution in [-0.4, -0.2) is 79.0 Å². The van der Waals surface area contributed by atoms with Crippen molar-refractivity contribution < 1.29 is 19.0 Å². The number of aromatic nitrogens is 7. The van der Waals surface area contributed by atoms with Gasteiger partial charge in [-0.15, -0.1) is 0 Å². The van der Waals surface area contributed by atoms with E-state index in [-0.39, 0.29) is 5.69 Å². The van der Waals surface area contributed by atoms with E-state index < -0.39 is 11.7 Å². The van der Waals surface area contributed by atoms with E-state index in [1.165, 1.54) is 4.68 Å². The molecule has 1 aliphatic heterocycles. The van der Waals surface area contributed by atoms with Gasteiger partial charge in [-0.1, -0.05) is 0 Å². The molecule has 0 saturated carbocycles. The molecule has 224 valence electrons. The molecule has 0 aromatic carbocycles. The first kappa shape index (κ1) is 28.3. The van der Waals surface area contributed by atoms with Crippen LogP contribution < -0.4 is 15.3 Å². The Morgan fingerprint density at radius 2 is 1.77 bits per heavy atom. The van der Waals surface area contributed by atoms with Gasteiger partial charge in [0, 0.05) is 45.0 Å². The minimum absolute atomic E-state index is 0.168. The molecule has 0 bridgehead atoms. The molecule has 0 atom stereocenters. The second-order valence-corrected chi connectivity index (χ2v) is 11.5. The number of carbonyl (C=O) groups is 1. The molecule has 5 aromatic heterocycles. The largest absolute Gasteiger partial charge is 0.496 e. The summed E-state index contributed by atoms with van der Waals surface area (Å²) in [5, 5.41) is 5.43. The molecular weight excluding hydrogens is 552 g/mol. The van der Waals surface area contributed by atoms with Gasteiger partial charge in [-0.3, -0.25) is 19.1 Å². The molecule has 5 aromatic rings. The lowest BCUT2D eigenvalue weighted by molar-refractivity contribution is 0.0522. The van der Waals surface area contributed by atoms with E-state index in [1.807, 2.05) is 19.1 Å². The van der Waals surface area contributed by atoms with Gasteiger partial charge in [0.2, 0.25) is 0 Å². The summed E-state index contributed by atoms with van der Waals surface area (Å²) in [4.78, 5) is 42.8. The molecule has 1 saturated heterocycles. The summed E-state index contributed by atoms with van der Waals surface area (Å²) in [5.41, 5.74) is 3.78. The maximum absolute atomic E-state index is 13.5. The predicted octanol–water partition coefficient (Wildman–Crippen LogP) is 3.68. The average molecular weight is 587 g/mol. The minimum Gasteiger partial charge on any atom is -0.496 e. The number of imidazole rings is 1. The Morgan fingerprint density at radius 3 is 2.47 bits per heavy atom. The van der Waals surface area contributed by atoms with Crippen LogP contribution >= 0.6 is 0 Å². The molecular formula is C30H34N8O5. The van der Waals surface area contributed by atoms with E-state index in [2.05, 4.69) is 9.88 Å². The Hall–Kier alpha value is -4.78. The van der Waals surface area contributed by atoms with Crippen LogP contribution in [0, 0.1) is 6.92 Å². The molecule has 6 heterocycles. The summed E-state index contributed by atoms with van der Waals surface area (Å²) in [6.07, 6.45) is 2.70. The first-order chi connectivity index (χ1) is 20.5. The zero-order chi connectivity index (χ0) is 30.6. The number of anilines is 1. The van der Waals surface area contributed by atoms with Crippen LogP contribution in [0.1, 0.15) is 26.5 Å². The van der Waals surface area contributed by atoms with Gasteiger partial charge in [0.05, 0.1) is 48.5 Å². The van der Waals surface area contributed by atoms with Crippen LogP contribution in [0.25, 0.3) is 44.6 Å². The number of methoxy groups -OCH3 is 1. The van der Waals surface area contributed by atoms with Crippen LogP contribution in [0.4, 0.5) is 10.6 Å².